The third-order valence-electron chi connectivity index (χ3n) is 5.07. The van der Waals surface area contributed by atoms with Crippen molar-refractivity contribution in [3.05, 3.63) is 96.2 Å². The van der Waals surface area contributed by atoms with Gasteiger partial charge in [-0.3, -0.25) is 0 Å². The van der Waals surface area contributed by atoms with Crippen LogP contribution in [0.2, 0.25) is 0 Å². The summed E-state index contributed by atoms with van der Waals surface area (Å²) in [7, 11) is 0. The Hall–Kier alpha value is -3.93. The molecule has 6 nitrogen and oxygen atoms in total. The van der Waals surface area contributed by atoms with Crippen LogP contribution in [0.4, 0.5) is 23.1 Å². The molecule has 0 fully saturated rings. The Morgan fingerprint density at radius 1 is 0.900 bits per heavy atom. The number of ether oxygens (including phenoxy) is 1. The van der Waals surface area contributed by atoms with E-state index < -0.39 is 0 Å². The van der Waals surface area contributed by atoms with Crippen LogP contribution in [0.25, 0.3) is 0 Å². The molecule has 3 aromatic carbocycles. The van der Waals surface area contributed by atoms with Crippen molar-refractivity contribution in [1.82, 2.24) is 15.2 Å². The summed E-state index contributed by atoms with van der Waals surface area (Å²) in [5.41, 5.74) is 4.53. The van der Waals surface area contributed by atoms with E-state index in [1.807, 2.05) is 60.7 Å². The minimum atomic E-state index is 0.467. The summed E-state index contributed by atoms with van der Waals surface area (Å²) < 4.78 is 5.84. The monoisotopic (exact) mass is 395 g/mol. The largest absolute Gasteiger partial charge is 0.489 e. The molecule has 6 heteroatoms. The van der Waals surface area contributed by atoms with Crippen LogP contribution in [0.15, 0.2) is 85.1 Å². The van der Waals surface area contributed by atoms with E-state index in [1.54, 1.807) is 6.20 Å². The maximum Gasteiger partial charge on any atom is 0.249 e. The van der Waals surface area contributed by atoms with Gasteiger partial charge in [0.15, 0.2) is 5.82 Å². The van der Waals surface area contributed by atoms with E-state index >= 15 is 0 Å². The van der Waals surface area contributed by atoms with Crippen molar-refractivity contribution < 1.29 is 4.74 Å². The maximum absolute atomic E-state index is 5.84. The Balaban J connectivity index is 1.26. The predicted molar refractivity (Wildman–Crippen MR) is 117 cm³/mol. The summed E-state index contributed by atoms with van der Waals surface area (Å²) in [6, 6.07) is 26.3. The highest BCUT2D eigenvalue weighted by atomic mass is 16.5. The Morgan fingerprint density at radius 2 is 1.70 bits per heavy atom. The van der Waals surface area contributed by atoms with Gasteiger partial charge in [0.1, 0.15) is 12.4 Å². The molecule has 1 aliphatic heterocycles. The normalized spacial score (nSPS) is 12.5. The molecule has 0 aliphatic carbocycles. The van der Waals surface area contributed by atoms with Gasteiger partial charge in [-0.1, -0.05) is 48.5 Å². The highest BCUT2D eigenvalue weighted by Gasteiger charge is 2.21. The lowest BCUT2D eigenvalue weighted by Crippen LogP contribution is -2.16. The van der Waals surface area contributed by atoms with Gasteiger partial charge in [-0.2, -0.15) is 10.1 Å². The Bertz CT molecular complexity index is 1130. The summed E-state index contributed by atoms with van der Waals surface area (Å²) in [5.74, 6) is 2.07. The lowest BCUT2D eigenvalue weighted by molar-refractivity contribution is 0.306. The molecule has 1 aromatic heterocycles. The third kappa shape index (κ3) is 3.93. The van der Waals surface area contributed by atoms with E-state index in [4.69, 9.17) is 4.74 Å². The zero-order valence-electron chi connectivity index (χ0n) is 16.4. The van der Waals surface area contributed by atoms with Crippen molar-refractivity contribution in [2.45, 2.75) is 13.0 Å². The highest BCUT2D eigenvalue weighted by Crippen LogP contribution is 2.33. The minimum absolute atomic E-state index is 0.467. The van der Waals surface area contributed by atoms with Crippen LogP contribution in [0.3, 0.4) is 0 Å². The SMILES string of the molecule is c1ccc(COc2ccc(Nc3nncc(N4CCc5ccccc54)n3)cc2)cc1. The second kappa shape index (κ2) is 8.21. The first-order valence-corrected chi connectivity index (χ1v) is 9.94. The number of hydrogen-bond acceptors (Lipinski definition) is 6. The first kappa shape index (κ1) is 18.1. The number of hydrogen-bond donors (Lipinski definition) is 1. The van der Waals surface area contributed by atoms with E-state index in [1.165, 1.54) is 11.3 Å². The minimum Gasteiger partial charge on any atom is -0.489 e. The van der Waals surface area contributed by atoms with Crippen molar-refractivity contribution in [3.63, 3.8) is 0 Å². The van der Waals surface area contributed by atoms with E-state index in [0.717, 1.165) is 35.8 Å². The molecule has 5 rings (SSSR count). The van der Waals surface area contributed by atoms with Gasteiger partial charge in [-0.05, 0) is 47.9 Å². The Kier molecular flexibility index (Phi) is 4.96. The highest BCUT2D eigenvalue weighted by molar-refractivity contribution is 5.67. The third-order valence-corrected chi connectivity index (χ3v) is 5.07. The van der Waals surface area contributed by atoms with Crippen molar-refractivity contribution in [2.75, 3.05) is 16.8 Å². The van der Waals surface area contributed by atoms with Crippen LogP contribution in [-0.4, -0.2) is 21.7 Å². The van der Waals surface area contributed by atoms with Crippen molar-refractivity contribution in [2.24, 2.45) is 0 Å². The molecule has 148 valence electrons. The van der Waals surface area contributed by atoms with Gasteiger partial charge in [0.25, 0.3) is 0 Å². The molecule has 0 spiro atoms. The number of rotatable bonds is 6. The molecule has 0 radical (unpaired) electrons. The number of fused-ring (bicyclic) bond motifs is 1. The van der Waals surface area contributed by atoms with Gasteiger partial charge in [0.2, 0.25) is 5.95 Å². The predicted octanol–water partition coefficient (Wildman–Crippen LogP) is 4.89. The molecule has 0 bridgehead atoms. The molecule has 0 saturated carbocycles. The number of nitrogens with zero attached hydrogens (tertiary/aromatic N) is 4. The average Bonchev–Trinajstić information content (AvgIpc) is 3.24. The topological polar surface area (TPSA) is 63.2 Å². The molecule has 0 unspecified atom stereocenters. The van der Waals surface area contributed by atoms with Gasteiger partial charge in [0.05, 0.1) is 6.20 Å². The molecule has 0 atom stereocenters. The average molecular weight is 395 g/mol. The van der Waals surface area contributed by atoms with E-state index in [9.17, 15) is 0 Å². The van der Waals surface area contributed by atoms with Crippen molar-refractivity contribution in [3.8, 4) is 5.75 Å². The lowest BCUT2D eigenvalue weighted by Gasteiger charge is -2.18. The van der Waals surface area contributed by atoms with Gasteiger partial charge in [-0.15, -0.1) is 5.10 Å². The fourth-order valence-corrected chi connectivity index (χ4v) is 3.56. The summed E-state index contributed by atoms with van der Waals surface area (Å²) in [4.78, 5) is 6.83. The molecule has 0 saturated heterocycles. The molecule has 1 N–H and O–H groups in total. The fraction of sp³-hybridized carbons (Fsp3) is 0.125. The van der Waals surface area contributed by atoms with Crippen molar-refractivity contribution >= 4 is 23.1 Å². The second-order valence-corrected chi connectivity index (χ2v) is 7.09. The fourth-order valence-electron chi connectivity index (χ4n) is 3.56. The molecule has 4 aromatic rings. The van der Waals surface area contributed by atoms with Crippen LogP contribution in [0.5, 0.6) is 5.75 Å². The number of benzene rings is 3. The standard InChI is InChI=1S/C24H21N5O/c1-2-6-18(7-3-1)17-30-21-12-10-20(11-13-21)26-24-27-23(16-25-28-24)29-15-14-19-8-4-5-9-22(19)29/h1-13,16H,14-15,17H2,(H,26,27,28). The van der Waals surface area contributed by atoms with E-state index in [-0.39, 0.29) is 0 Å². The number of nitrogens with one attached hydrogen (secondary N) is 1. The number of para-hydroxylation sites is 1. The van der Waals surface area contributed by atoms with Gasteiger partial charge in [0, 0.05) is 17.9 Å². The first-order valence-electron chi connectivity index (χ1n) is 9.94. The summed E-state index contributed by atoms with van der Waals surface area (Å²) >= 11 is 0. The van der Waals surface area contributed by atoms with Gasteiger partial charge in [-0.25, -0.2) is 0 Å². The van der Waals surface area contributed by atoms with Crippen LogP contribution in [0, 0.1) is 0 Å². The Morgan fingerprint density at radius 3 is 2.57 bits per heavy atom. The number of anilines is 4. The first-order chi connectivity index (χ1) is 14.8. The summed E-state index contributed by atoms with van der Waals surface area (Å²) in [5, 5.41) is 11.5. The van der Waals surface area contributed by atoms with Gasteiger partial charge < -0.3 is 15.0 Å². The summed E-state index contributed by atoms with van der Waals surface area (Å²) in [6.07, 6.45) is 2.71. The molecule has 0 amide bonds. The Labute approximate surface area is 175 Å². The zero-order chi connectivity index (χ0) is 20.2. The maximum atomic E-state index is 5.84. The number of aromatic nitrogens is 3. The van der Waals surface area contributed by atoms with Crippen molar-refractivity contribution in [1.29, 1.82) is 0 Å². The van der Waals surface area contributed by atoms with Gasteiger partial charge >= 0.3 is 0 Å². The zero-order valence-corrected chi connectivity index (χ0v) is 16.4. The lowest BCUT2D eigenvalue weighted by atomic mass is 10.2. The quantitative estimate of drug-likeness (QED) is 0.502. The molecular formula is C24H21N5O. The smallest absolute Gasteiger partial charge is 0.249 e. The molecule has 2 heterocycles. The molecular weight excluding hydrogens is 374 g/mol. The summed E-state index contributed by atoms with van der Waals surface area (Å²) in [6.45, 7) is 1.44. The second-order valence-electron chi connectivity index (χ2n) is 7.09. The molecule has 30 heavy (non-hydrogen) atoms. The van der Waals surface area contributed by atoms with Crippen LogP contribution in [-0.2, 0) is 13.0 Å². The van der Waals surface area contributed by atoms with E-state index in [0.29, 0.717) is 12.6 Å². The molecule has 1 aliphatic rings. The van der Waals surface area contributed by atoms with Crippen LogP contribution in [0.1, 0.15) is 11.1 Å². The van der Waals surface area contributed by atoms with Crippen LogP contribution >= 0.6 is 0 Å². The van der Waals surface area contributed by atoms with E-state index in [2.05, 4.69) is 43.6 Å². The van der Waals surface area contributed by atoms with Crippen LogP contribution < -0.4 is 15.0 Å².